The Morgan fingerprint density at radius 1 is 0.976 bits per heavy atom. The van der Waals surface area contributed by atoms with E-state index < -0.39 is 0 Å². The zero-order chi connectivity index (χ0) is 28.3. The van der Waals surface area contributed by atoms with Crippen LogP contribution in [0.1, 0.15) is 69.4 Å². The zero-order valence-electron chi connectivity index (χ0n) is 24.6. The Kier molecular flexibility index (Phi) is 8.52. The molecule has 6 rings (SSSR count). The van der Waals surface area contributed by atoms with Gasteiger partial charge in [-0.15, -0.1) is 0 Å². The Hall–Kier alpha value is -3.06. The van der Waals surface area contributed by atoms with E-state index in [9.17, 15) is 9.59 Å². The van der Waals surface area contributed by atoms with E-state index >= 15 is 0 Å². The third-order valence-corrected chi connectivity index (χ3v) is 10.2. The number of likely N-dealkylation sites (tertiary alicyclic amines) is 1. The zero-order valence-corrected chi connectivity index (χ0v) is 24.6. The lowest BCUT2D eigenvalue weighted by molar-refractivity contribution is 0.0599. The molecule has 2 saturated carbocycles. The van der Waals surface area contributed by atoms with Crippen LogP contribution in [0.2, 0.25) is 0 Å². The lowest BCUT2D eigenvalue weighted by Gasteiger charge is -2.39. The SMILES string of the molecule is CCN(C(=O)OCc1ccccc1)C1CCN(C[C@H]2CC(N3C(=O)O[C@@H]4CCC(C)[C@@H]43)C[C@@H]2c2ccccc2)CC1. The molecule has 220 valence electrons. The Balaban J connectivity index is 1.08. The summed E-state index contributed by atoms with van der Waals surface area (Å²) in [6.07, 6.45) is 5.85. The number of piperidine rings is 1. The second-order valence-electron chi connectivity index (χ2n) is 12.6. The van der Waals surface area contributed by atoms with E-state index in [1.165, 1.54) is 5.56 Å². The molecule has 2 aliphatic carbocycles. The van der Waals surface area contributed by atoms with Crippen molar-refractivity contribution in [3.8, 4) is 0 Å². The first-order chi connectivity index (χ1) is 20.0. The van der Waals surface area contributed by atoms with Crippen molar-refractivity contribution < 1.29 is 19.1 Å². The summed E-state index contributed by atoms with van der Waals surface area (Å²) >= 11 is 0. The number of carbonyl (C=O) groups is 2. The topological polar surface area (TPSA) is 62.3 Å². The van der Waals surface area contributed by atoms with Gasteiger partial charge in [-0.05, 0) is 74.3 Å². The molecule has 0 bridgehead atoms. The number of ether oxygens (including phenoxy) is 2. The van der Waals surface area contributed by atoms with Gasteiger partial charge >= 0.3 is 12.2 Å². The number of nitrogens with zero attached hydrogens (tertiary/aromatic N) is 3. The molecule has 4 aliphatic rings. The molecule has 2 saturated heterocycles. The van der Waals surface area contributed by atoms with Gasteiger partial charge in [-0.3, -0.25) is 4.90 Å². The Morgan fingerprint density at radius 2 is 1.68 bits per heavy atom. The highest BCUT2D eigenvalue weighted by Crippen LogP contribution is 2.47. The van der Waals surface area contributed by atoms with Crippen LogP contribution in [0.5, 0.6) is 0 Å². The fourth-order valence-electron chi connectivity index (χ4n) is 8.14. The summed E-state index contributed by atoms with van der Waals surface area (Å²) in [6, 6.07) is 21.4. The lowest BCUT2D eigenvalue weighted by atomic mass is 9.88. The largest absolute Gasteiger partial charge is 0.445 e. The molecule has 7 nitrogen and oxygen atoms in total. The van der Waals surface area contributed by atoms with Gasteiger partial charge in [0.05, 0.1) is 6.04 Å². The molecule has 6 atom stereocenters. The van der Waals surface area contributed by atoms with Crippen LogP contribution < -0.4 is 0 Å². The van der Waals surface area contributed by atoms with Crippen LogP contribution in [0, 0.1) is 11.8 Å². The van der Waals surface area contributed by atoms with Gasteiger partial charge in [-0.1, -0.05) is 67.6 Å². The lowest BCUT2D eigenvalue weighted by Crippen LogP contribution is -2.48. The smallest absolute Gasteiger partial charge is 0.410 e. The van der Waals surface area contributed by atoms with E-state index in [1.54, 1.807) is 0 Å². The predicted octanol–water partition coefficient (Wildman–Crippen LogP) is 6.29. The quantitative estimate of drug-likeness (QED) is 0.380. The Morgan fingerprint density at radius 3 is 2.39 bits per heavy atom. The minimum absolute atomic E-state index is 0.0756. The van der Waals surface area contributed by atoms with E-state index in [1.807, 2.05) is 42.2 Å². The number of hydrogen-bond acceptors (Lipinski definition) is 5. The number of fused-ring (bicyclic) bond motifs is 1. The molecular weight excluding hydrogens is 514 g/mol. The van der Waals surface area contributed by atoms with Crippen molar-refractivity contribution in [3.05, 3.63) is 71.8 Å². The molecule has 2 aliphatic heterocycles. The minimum Gasteiger partial charge on any atom is -0.445 e. The third kappa shape index (κ3) is 5.97. The van der Waals surface area contributed by atoms with Crippen LogP contribution in [-0.4, -0.2) is 77.3 Å². The van der Waals surface area contributed by atoms with Gasteiger partial charge in [-0.2, -0.15) is 0 Å². The monoisotopic (exact) mass is 559 g/mol. The molecule has 2 aromatic carbocycles. The van der Waals surface area contributed by atoms with E-state index in [4.69, 9.17) is 9.47 Å². The highest BCUT2D eigenvalue weighted by Gasteiger charge is 2.53. The van der Waals surface area contributed by atoms with Gasteiger partial charge in [0.2, 0.25) is 0 Å². The molecule has 2 heterocycles. The van der Waals surface area contributed by atoms with E-state index in [0.717, 1.165) is 63.7 Å². The molecule has 2 unspecified atom stereocenters. The fourth-order valence-corrected chi connectivity index (χ4v) is 8.14. The first-order valence-corrected chi connectivity index (χ1v) is 15.7. The maximum absolute atomic E-state index is 13.0. The van der Waals surface area contributed by atoms with Crippen molar-refractivity contribution in [2.45, 2.75) is 89.1 Å². The molecule has 2 aromatic rings. The Bertz CT molecular complexity index is 1170. The minimum atomic E-state index is -0.213. The number of amides is 2. The normalized spacial score (nSPS) is 30.3. The second-order valence-corrected chi connectivity index (χ2v) is 12.6. The van der Waals surface area contributed by atoms with Crippen molar-refractivity contribution in [2.75, 3.05) is 26.2 Å². The highest BCUT2D eigenvalue weighted by atomic mass is 16.6. The fraction of sp³-hybridized carbons (Fsp3) is 0.588. The van der Waals surface area contributed by atoms with Crippen molar-refractivity contribution >= 4 is 12.2 Å². The van der Waals surface area contributed by atoms with Crippen molar-refractivity contribution in [1.82, 2.24) is 14.7 Å². The van der Waals surface area contributed by atoms with Gasteiger partial charge in [0.25, 0.3) is 0 Å². The molecule has 0 spiro atoms. The van der Waals surface area contributed by atoms with Crippen LogP contribution in [-0.2, 0) is 16.1 Å². The highest BCUT2D eigenvalue weighted by molar-refractivity contribution is 5.71. The molecule has 0 aromatic heterocycles. The maximum Gasteiger partial charge on any atom is 0.410 e. The summed E-state index contributed by atoms with van der Waals surface area (Å²) < 4.78 is 11.5. The van der Waals surface area contributed by atoms with Crippen molar-refractivity contribution in [1.29, 1.82) is 0 Å². The average molecular weight is 560 g/mol. The first kappa shape index (κ1) is 28.1. The van der Waals surface area contributed by atoms with E-state index in [2.05, 4.69) is 47.1 Å². The van der Waals surface area contributed by atoms with Gasteiger partial charge < -0.3 is 19.3 Å². The second kappa shape index (κ2) is 12.4. The van der Waals surface area contributed by atoms with E-state index in [-0.39, 0.29) is 36.4 Å². The molecule has 0 radical (unpaired) electrons. The van der Waals surface area contributed by atoms with Crippen LogP contribution in [0.25, 0.3) is 0 Å². The summed E-state index contributed by atoms with van der Waals surface area (Å²) in [7, 11) is 0. The van der Waals surface area contributed by atoms with Gasteiger partial charge in [-0.25, -0.2) is 9.59 Å². The maximum atomic E-state index is 13.0. The number of rotatable bonds is 8. The third-order valence-electron chi connectivity index (χ3n) is 10.2. The number of carbonyl (C=O) groups excluding carboxylic acids is 2. The summed E-state index contributed by atoms with van der Waals surface area (Å²) in [5.74, 6) is 1.42. The Labute approximate surface area is 244 Å². The van der Waals surface area contributed by atoms with Gasteiger partial charge in [0.1, 0.15) is 12.7 Å². The molecule has 41 heavy (non-hydrogen) atoms. The van der Waals surface area contributed by atoms with Crippen molar-refractivity contribution in [2.24, 2.45) is 11.8 Å². The average Bonchev–Trinajstić information content (AvgIpc) is 3.67. The van der Waals surface area contributed by atoms with Gasteiger partial charge in [0.15, 0.2) is 0 Å². The first-order valence-electron chi connectivity index (χ1n) is 15.7. The number of hydrogen-bond donors (Lipinski definition) is 0. The van der Waals surface area contributed by atoms with E-state index in [0.29, 0.717) is 30.9 Å². The predicted molar refractivity (Wildman–Crippen MR) is 158 cm³/mol. The summed E-state index contributed by atoms with van der Waals surface area (Å²) in [5.41, 5.74) is 2.39. The molecule has 4 fully saturated rings. The van der Waals surface area contributed by atoms with Gasteiger partial charge in [0, 0.05) is 38.3 Å². The molecule has 0 N–H and O–H groups in total. The molecule has 7 heteroatoms. The number of benzene rings is 2. The summed E-state index contributed by atoms with van der Waals surface area (Å²) in [6.45, 7) is 8.27. The van der Waals surface area contributed by atoms with Crippen LogP contribution in [0.3, 0.4) is 0 Å². The van der Waals surface area contributed by atoms with Crippen LogP contribution >= 0.6 is 0 Å². The molecular formula is C34H45N3O4. The summed E-state index contributed by atoms with van der Waals surface area (Å²) in [5, 5.41) is 0. The molecule has 2 amide bonds. The van der Waals surface area contributed by atoms with Crippen LogP contribution in [0.4, 0.5) is 9.59 Å². The standard InChI is InChI=1S/C34H45N3O4/c1-3-36(33(38)40-23-25-10-6-4-7-11-25)28-16-18-35(19-17-28)22-27-20-29(21-30(27)26-12-8-5-9-13-26)37-32-24(2)14-15-31(32)41-34(37)39/h4-13,24,27-32H,3,14-23H2,1-2H3/t24?,27-,29?,30-,31-,32+/m1/s1. The van der Waals surface area contributed by atoms with Crippen molar-refractivity contribution in [3.63, 3.8) is 0 Å². The summed E-state index contributed by atoms with van der Waals surface area (Å²) in [4.78, 5) is 32.6. The van der Waals surface area contributed by atoms with Crippen LogP contribution in [0.15, 0.2) is 60.7 Å².